The smallest absolute Gasteiger partial charge is 0.232 e. The van der Waals surface area contributed by atoms with E-state index in [1.807, 2.05) is 18.2 Å². The normalized spacial score (nSPS) is 10.9. The minimum atomic E-state index is -0.315. The van der Waals surface area contributed by atoms with Gasteiger partial charge in [-0.2, -0.15) is 15.0 Å². The van der Waals surface area contributed by atoms with Gasteiger partial charge in [-0.15, -0.1) is 10.2 Å². The molecule has 0 unspecified atom stereocenters. The monoisotopic (exact) mass is 436 g/mol. The lowest BCUT2D eigenvalue weighted by atomic mass is 10.1. The molecule has 0 spiro atoms. The summed E-state index contributed by atoms with van der Waals surface area (Å²) < 4.78 is 15.2. The second kappa shape index (κ2) is 9.52. The summed E-state index contributed by atoms with van der Waals surface area (Å²) in [5, 5.41) is 12.5. The van der Waals surface area contributed by atoms with Crippen molar-refractivity contribution in [1.82, 2.24) is 29.7 Å². The van der Waals surface area contributed by atoms with Gasteiger partial charge in [0.05, 0.1) is 5.75 Å². The van der Waals surface area contributed by atoms with Gasteiger partial charge in [-0.3, -0.25) is 0 Å². The van der Waals surface area contributed by atoms with Gasteiger partial charge in [0, 0.05) is 18.7 Å². The Kier molecular flexibility index (Phi) is 6.37. The maximum absolute atomic E-state index is 13.1. The van der Waals surface area contributed by atoms with Crippen molar-refractivity contribution in [2.45, 2.75) is 30.8 Å². The van der Waals surface area contributed by atoms with Crippen molar-refractivity contribution in [1.29, 1.82) is 0 Å². The molecule has 31 heavy (non-hydrogen) atoms. The lowest BCUT2D eigenvalue weighted by molar-refractivity contribution is 0.628. The molecule has 0 aliphatic rings. The molecule has 3 N–H and O–H groups in total. The summed E-state index contributed by atoms with van der Waals surface area (Å²) in [4.78, 5) is 12.7. The minimum Gasteiger partial charge on any atom is -0.368 e. The summed E-state index contributed by atoms with van der Waals surface area (Å²) in [7, 11) is 0. The number of benzene rings is 2. The first-order valence-corrected chi connectivity index (χ1v) is 10.7. The third-order valence-corrected chi connectivity index (χ3v) is 5.41. The van der Waals surface area contributed by atoms with Crippen LogP contribution in [0, 0.1) is 5.82 Å². The van der Waals surface area contributed by atoms with E-state index in [1.165, 1.54) is 29.5 Å². The Bertz CT molecular complexity index is 1150. The van der Waals surface area contributed by atoms with Gasteiger partial charge in [0.1, 0.15) is 17.5 Å². The van der Waals surface area contributed by atoms with Crippen LogP contribution in [0.5, 0.6) is 0 Å². The van der Waals surface area contributed by atoms with Gasteiger partial charge in [-0.1, -0.05) is 42.1 Å². The highest BCUT2D eigenvalue weighted by Gasteiger charge is 2.13. The summed E-state index contributed by atoms with van der Waals surface area (Å²) in [5.74, 6) is 1.97. The Labute approximate surface area is 183 Å². The fourth-order valence-corrected chi connectivity index (χ4v) is 3.88. The average Bonchev–Trinajstić information content (AvgIpc) is 3.15. The first-order chi connectivity index (χ1) is 15.1. The first-order valence-electron chi connectivity index (χ1n) is 9.72. The van der Waals surface area contributed by atoms with Crippen LogP contribution in [-0.4, -0.2) is 29.7 Å². The molecule has 0 amide bonds. The zero-order valence-electron chi connectivity index (χ0n) is 16.9. The van der Waals surface area contributed by atoms with E-state index in [4.69, 9.17) is 5.73 Å². The van der Waals surface area contributed by atoms with Crippen molar-refractivity contribution >= 4 is 29.3 Å². The summed E-state index contributed by atoms with van der Waals surface area (Å²) in [5.41, 5.74) is 7.69. The van der Waals surface area contributed by atoms with Gasteiger partial charge < -0.3 is 15.6 Å². The Hall–Kier alpha value is -3.53. The van der Waals surface area contributed by atoms with E-state index in [9.17, 15) is 4.39 Å². The molecule has 0 bridgehead atoms. The molecule has 158 valence electrons. The van der Waals surface area contributed by atoms with Gasteiger partial charge in [0.25, 0.3) is 0 Å². The molecule has 4 rings (SSSR count). The molecule has 10 heteroatoms. The van der Waals surface area contributed by atoms with E-state index in [0.29, 0.717) is 29.6 Å². The second-order valence-electron chi connectivity index (χ2n) is 6.66. The number of anilines is 3. The third-order valence-electron chi connectivity index (χ3n) is 4.44. The van der Waals surface area contributed by atoms with Crippen LogP contribution < -0.4 is 11.1 Å². The molecule has 0 saturated heterocycles. The molecule has 2 aromatic carbocycles. The number of rotatable bonds is 8. The van der Waals surface area contributed by atoms with Crippen LogP contribution in [-0.2, 0) is 18.7 Å². The Morgan fingerprint density at radius 3 is 2.52 bits per heavy atom. The van der Waals surface area contributed by atoms with Crippen LogP contribution in [0.25, 0.3) is 0 Å². The predicted molar refractivity (Wildman–Crippen MR) is 118 cm³/mol. The number of hydrogen-bond acceptors (Lipinski definition) is 8. The molecule has 0 radical (unpaired) electrons. The van der Waals surface area contributed by atoms with Crippen molar-refractivity contribution in [3.8, 4) is 0 Å². The number of halogens is 1. The lowest BCUT2D eigenvalue weighted by Crippen LogP contribution is -2.07. The number of hydrogen-bond donors (Lipinski definition) is 2. The van der Waals surface area contributed by atoms with Crippen LogP contribution in [0.1, 0.15) is 24.1 Å². The van der Waals surface area contributed by atoms with Crippen molar-refractivity contribution in [3.63, 3.8) is 0 Å². The van der Waals surface area contributed by atoms with Crippen molar-refractivity contribution < 1.29 is 4.39 Å². The average molecular weight is 437 g/mol. The van der Waals surface area contributed by atoms with Gasteiger partial charge in [-0.25, -0.2) is 4.39 Å². The molecular formula is C21H21FN8S. The summed E-state index contributed by atoms with van der Waals surface area (Å²) >= 11 is 1.49. The molecular weight excluding hydrogens is 415 g/mol. The molecule has 2 aromatic heterocycles. The quantitative estimate of drug-likeness (QED) is 0.401. The highest BCUT2D eigenvalue weighted by Crippen LogP contribution is 2.23. The molecule has 0 atom stereocenters. The summed E-state index contributed by atoms with van der Waals surface area (Å²) in [6.07, 6.45) is 0.715. The second-order valence-corrected chi connectivity index (χ2v) is 7.60. The molecule has 2 heterocycles. The van der Waals surface area contributed by atoms with Gasteiger partial charge in [-0.05, 0) is 36.8 Å². The van der Waals surface area contributed by atoms with Gasteiger partial charge >= 0.3 is 0 Å². The van der Waals surface area contributed by atoms with Gasteiger partial charge in [0.2, 0.25) is 11.9 Å². The van der Waals surface area contributed by atoms with Crippen LogP contribution >= 0.6 is 11.8 Å². The molecule has 0 aliphatic carbocycles. The van der Waals surface area contributed by atoms with E-state index in [-0.39, 0.29) is 11.8 Å². The Balaban J connectivity index is 1.46. The van der Waals surface area contributed by atoms with E-state index in [2.05, 4.69) is 54.1 Å². The molecule has 0 aliphatic heterocycles. The van der Waals surface area contributed by atoms with Crippen LogP contribution in [0.15, 0.2) is 59.8 Å². The van der Waals surface area contributed by atoms with Crippen LogP contribution in [0.2, 0.25) is 0 Å². The highest BCUT2D eigenvalue weighted by atomic mass is 32.2. The number of nitrogen functional groups attached to an aromatic ring is 1. The van der Waals surface area contributed by atoms with E-state index < -0.39 is 0 Å². The largest absolute Gasteiger partial charge is 0.368 e. The molecule has 0 fully saturated rings. The Morgan fingerprint density at radius 1 is 1.00 bits per heavy atom. The van der Waals surface area contributed by atoms with E-state index in [0.717, 1.165) is 17.5 Å². The van der Waals surface area contributed by atoms with Crippen molar-refractivity contribution in [2.75, 3.05) is 11.1 Å². The number of nitrogens with one attached hydrogen (secondary N) is 1. The number of aromatic nitrogens is 6. The third kappa shape index (κ3) is 5.34. The Morgan fingerprint density at radius 2 is 1.77 bits per heavy atom. The zero-order chi connectivity index (χ0) is 21.6. The van der Waals surface area contributed by atoms with E-state index in [1.54, 1.807) is 12.1 Å². The number of thioether (sulfide) groups is 1. The highest BCUT2D eigenvalue weighted by molar-refractivity contribution is 7.98. The molecule has 4 aromatic rings. The predicted octanol–water partition coefficient (Wildman–Crippen LogP) is 3.83. The van der Waals surface area contributed by atoms with Crippen LogP contribution in [0.3, 0.4) is 0 Å². The van der Waals surface area contributed by atoms with Gasteiger partial charge in [0.15, 0.2) is 5.16 Å². The zero-order valence-corrected chi connectivity index (χ0v) is 17.7. The topological polar surface area (TPSA) is 107 Å². The number of nitrogens with zero attached hydrogens (tertiary/aromatic N) is 6. The van der Waals surface area contributed by atoms with E-state index >= 15 is 0 Å². The fraction of sp³-hybridized carbons (Fsp3) is 0.190. The standard InChI is InChI=1S/C21H21FN8S/c1-2-30-18(12-14-6-4-3-5-7-14)28-29-21(30)31-13-17-25-19(23)27-20(26-17)24-16-10-8-15(22)9-11-16/h3-11H,2,12-13H2,1H3,(H3,23,24,25,26,27). The van der Waals surface area contributed by atoms with Crippen molar-refractivity contribution in [2.24, 2.45) is 0 Å². The maximum atomic E-state index is 13.1. The first kappa shape index (κ1) is 20.7. The fourth-order valence-electron chi connectivity index (χ4n) is 3.00. The molecule has 8 nitrogen and oxygen atoms in total. The lowest BCUT2D eigenvalue weighted by Gasteiger charge is -2.09. The maximum Gasteiger partial charge on any atom is 0.232 e. The summed E-state index contributed by atoms with van der Waals surface area (Å²) in [6, 6.07) is 16.1. The molecule has 0 saturated carbocycles. The number of nitrogens with two attached hydrogens (primary N) is 1. The SMILES string of the molecule is CCn1c(Cc2ccccc2)nnc1SCc1nc(N)nc(Nc2ccc(F)cc2)n1. The van der Waals surface area contributed by atoms with Crippen molar-refractivity contribution in [3.05, 3.63) is 77.6 Å². The van der Waals surface area contributed by atoms with Crippen LogP contribution in [0.4, 0.5) is 22.0 Å². The summed E-state index contributed by atoms with van der Waals surface area (Å²) in [6.45, 7) is 2.82. The minimum absolute atomic E-state index is 0.108.